The minimum absolute atomic E-state index is 0.173. The Morgan fingerprint density at radius 2 is 1.87 bits per heavy atom. The Hall–Kier alpha value is -2.57. The molecule has 0 aromatic heterocycles. The number of carbonyl (C=O) groups is 3. The number of esters is 1. The zero-order chi connectivity index (χ0) is 17.2. The van der Waals surface area contributed by atoms with Gasteiger partial charge >= 0.3 is 5.97 Å². The summed E-state index contributed by atoms with van der Waals surface area (Å²) in [5.74, 6) is -1.05. The van der Waals surface area contributed by atoms with Gasteiger partial charge in [0.1, 0.15) is 5.75 Å². The molecular weight excluding hydrogens is 300 g/mol. The van der Waals surface area contributed by atoms with E-state index in [0.29, 0.717) is 12.5 Å². The highest BCUT2D eigenvalue weighted by Gasteiger charge is 2.12. The van der Waals surface area contributed by atoms with E-state index >= 15 is 0 Å². The molecule has 0 saturated heterocycles. The first-order valence-corrected chi connectivity index (χ1v) is 7.34. The Kier molecular flexibility index (Phi) is 7.59. The Morgan fingerprint density at radius 3 is 2.52 bits per heavy atom. The fourth-order valence-electron chi connectivity index (χ4n) is 1.67. The summed E-state index contributed by atoms with van der Waals surface area (Å²) in [5, 5.41) is 2.65. The summed E-state index contributed by atoms with van der Waals surface area (Å²) in [5.41, 5.74) is 5.37. The summed E-state index contributed by atoms with van der Waals surface area (Å²) < 4.78 is 9.99. The van der Waals surface area contributed by atoms with Crippen LogP contribution in [0.25, 0.3) is 0 Å². The van der Waals surface area contributed by atoms with Crippen LogP contribution in [0.4, 0.5) is 0 Å². The first kappa shape index (κ1) is 18.5. The summed E-state index contributed by atoms with van der Waals surface area (Å²) in [6.45, 7) is 3.86. The highest BCUT2D eigenvalue weighted by Crippen LogP contribution is 2.16. The predicted molar refractivity (Wildman–Crippen MR) is 83.9 cm³/mol. The van der Waals surface area contributed by atoms with Crippen LogP contribution >= 0.6 is 0 Å². The summed E-state index contributed by atoms with van der Waals surface area (Å²) in [6.07, 6.45) is 0.854. The predicted octanol–water partition coefficient (Wildman–Crippen LogP) is 0.870. The van der Waals surface area contributed by atoms with Crippen molar-refractivity contribution in [2.24, 2.45) is 11.7 Å². The van der Waals surface area contributed by atoms with Crippen LogP contribution in [0.1, 0.15) is 30.6 Å². The molecule has 7 heteroatoms. The van der Waals surface area contributed by atoms with Crippen molar-refractivity contribution >= 4 is 17.8 Å². The molecule has 1 aromatic rings. The van der Waals surface area contributed by atoms with Crippen LogP contribution in [-0.4, -0.2) is 37.5 Å². The van der Waals surface area contributed by atoms with Gasteiger partial charge < -0.3 is 20.5 Å². The molecule has 7 nitrogen and oxygen atoms in total. The number of carbonyl (C=O) groups excluding carboxylic acids is 3. The fraction of sp³-hybridized carbons (Fsp3) is 0.438. The smallest absolute Gasteiger partial charge is 0.344 e. The van der Waals surface area contributed by atoms with Crippen LogP contribution in [-0.2, 0) is 14.3 Å². The third-order valence-electron chi connectivity index (χ3n) is 2.91. The number of nitrogens with two attached hydrogens (primary N) is 1. The van der Waals surface area contributed by atoms with E-state index in [1.165, 1.54) is 12.1 Å². The van der Waals surface area contributed by atoms with Crippen LogP contribution in [0.5, 0.6) is 5.75 Å². The lowest BCUT2D eigenvalue weighted by atomic mass is 10.1. The summed E-state index contributed by atoms with van der Waals surface area (Å²) >= 11 is 0. The SMILES string of the molecule is CC(C)CCNC(=O)COC(=O)COc1ccccc1C(N)=O. The molecule has 0 fully saturated rings. The molecule has 0 aliphatic carbocycles. The van der Waals surface area contributed by atoms with Crippen molar-refractivity contribution in [3.63, 3.8) is 0 Å². The number of para-hydroxylation sites is 1. The van der Waals surface area contributed by atoms with E-state index in [1.54, 1.807) is 12.1 Å². The monoisotopic (exact) mass is 322 g/mol. The molecule has 0 atom stereocenters. The number of primary amides is 1. The largest absolute Gasteiger partial charge is 0.481 e. The molecule has 0 aliphatic heterocycles. The molecule has 1 aromatic carbocycles. The number of hydrogen-bond donors (Lipinski definition) is 2. The molecule has 0 aliphatic rings. The zero-order valence-corrected chi connectivity index (χ0v) is 13.3. The average molecular weight is 322 g/mol. The van der Waals surface area contributed by atoms with Crippen LogP contribution in [0.3, 0.4) is 0 Å². The van der Waals surface area contributed by atoms with Crippen LogP contribution in [0, 0.1) is 5.92 Å². The lowest BCUT2D eigenvalue weighted by molar-refractivity contribution is -0.150. The maximum Gasteiger partial charge on any atom is 0.344 e. The average Bonchev–Trinajstić information content (AvgIpc) is 2.50. The zero-order valence-electron chi connectivity index (χ0n) is 13.3. The van der Waals surface area contributed by atoms with E-state index < -0.39 is 18.5 Å². The molecule has 0 unspecified atom stereocenters. The lowest BCUT2D eigenvalue weighted by Crippen LogP contribution is -2.31. The van der Waals surface area contributed by atoms with E-state index in [0.717, 1.165) is 6.42 Å². The molecule has 0 heterocycles. The number of ether oxygens (including phenoxy) is 2. The molecule has 3 N–H and O–H groups in total. The Balaban J connectivity index is 2.32. The van der Waals surface area contributed by atoms with Gasteiger partial charge in [-0.2, -0.15) is 0 Å². The van der Waals surface area contributed by atoms with Gasteiger partial charge in [0.15, 0.2) is 13.2 Å². The van der Waals surface area contributed by atoms with Crippen molar-refractivity contribution in [2.75, 3.05) is 19.8 Å². The van der Waals surface area contributed by atoms with E-state index in [4.69, 9.17) is 15.2 Å². The van der Waals surface area contributed by atoms with E-state index in [-0.39, 0.29) is 23.8 Å². The van der Waals surface area contributed by atoms with Gasteiger partial charge in [0, 0.05) is 6.54 Å². The van der Waals surface area contributed by atoms with E-state index in [2.05, 4.69) is 5.32 Å². The highest BCUT2D eigenvalue weighted by atomic mass is 16.6. The van der Waals surface area contributed by atoms with Gasteiger partial charge in [-0.3, -0.25) is 9.59 Å². The van der Waals surface area contributed by atoms with Crippen molar-refractivity contribution in [2.45, 2.75) is 20.3 Å². The highest BCUT2D eigenvalue weighted by molar-refractivity contribution is 5.95. The molecular formula is C16H22N2O5. The summed E-state index contributed by atoms with van der Waals surface area (Å²) in [4.78, 5) is 34.2. The summed E-state index contributed by atoms with van der Waals surface area (Å²) in [6, 6.07) is 6.29. The molecule has 0 bridgehead atoms. The van der Waals surface area contributed by atoms with E-state index in [1.807, 2.05) is 13.8 Å². The fourth-order valence-corrected chi connectivity index (χ4v) is 1.67. The van der Waals surface area contributed by atoms with E-state index in [9.17, 15) is 14.4 Å². The van der Waals surface area contributed by atoms with Gasteiger partial charge in [-0.05, 0) is 24.5 Å². The topological polar surface area (TPSA) is 108 Å². The minimum Gasteiger partial charge on any atom is -0.481 e. The number of rotatable bonds is 9. The van der Waals surface area contributed by atoms with Crippen molar-refractivity contribution in [3.05, 3.63) is 29.8 Å². The number of amides is 2. The van der Waals surface area contributed by atoms with Crippen molar-refractivity contribution in [3.8, 4) is 5.75 Å². The quantitative estimate of drug-likeness (QED) is 0.656. The normalized spacial score (nSPS) is 10.2. The maximum atomic E-state index is 11.5. The van der Waals surface area contributed by atoms with Crippen LogP contribution in [0.15, 0.2) is 24.3 Å². The first-order chi connectivity index (χ1) is 10.9. The van der Waals surface area contributed by atoms with Crippen molar-refractivity contribution < 1.29 is 23.9 Å². The second kappa shape index (κ2) is 9.45. The molecule has 23 heavy (non-hydrogen) atoms. The van der Waals surface area contributed by atoms with Crippen LogP contribution in [0.2, 0.25) is 0 Å². The van der Waals surface area contributed by atoms with Gasteiger partial charge in [0.05, 0.1) is 5.56 Å². The molecule has 0 spiro atoms. The second-order valence-electron chi connectivity index (χ2n) is 5.34. The van der Waals surface area contributed by atoms with Gasteiger partial charge in [-0.1, -0.05) is 26.0 Å². The Labute approximate surface area is 135 Å². The maximum absolute atomic E-state index is 11.5. The molecule has 2 amide bonds. The minimum atomic E-state index is -0.705. The Morgan fingerprint density at radius 1 is 1.17 bits per heavy atom. The van der Waals surface area contributed by atoms with Gasteiger partial charge in [-0.25, -0.2) is 4.79 Å². The third-order valence-corrected chi connectivity index (χ3v) is 2.91. The summed E-state index contributed by atoms with van der Waals surface area (Å²) in [7, 11) is 0. The second-order valence-corrected chi connectivity index (χ2v) is 5.34. The number of benzene rings is 1. The number of hydrogen-bond acceptors (Lipinski definition) is 5. The van der Waals surface area contributed by atoms with Gasteiger partial charge in [-0.15, -0.1) is 0 Å². The molecule has 0 radical (unpaired) electrons. The van der Waals surface area contributed by atoms with Crippen LogP contribution < -0.4 is 15.8 Å². The first-order valence-electron chi connectivity index (χ1n) is 7.34. The molecule has 1 rings (SSSR count). The lowest BCUT2D eigenvalue weighted by Gasteiger charge is -2.10. The van der Waals surface area contributed by atoms with Gasteiger partial charge in [0.2, 0.25) is 0 Å². The molecule has 126 valence electrons. The molecule has 0 saturated carbocycles. The Bertz CT molecular complexity index is 557. The number of nitrogens with one attached hydrogen (secondary N) is 1. The standard InChI is InChI=1S/C16H22N2O5/c1-11(2)7-8-18-14(19)9-23-15(20)10-22-13-6-4-3-5-12(13)16(17)21/h3-6,11H,7-10H2,1-2H3,(H2,17,21)(H,18,19). The van der Waals surface area contributed by atoms with Gasteiger partial charge in [0.25, 0.3) is 11.8 Å². The third kappa shape index (κ3) is 7.30. The van der Waals surface area contributed by atoms with Crippen molar-refractivity contribution in [1.29, 1.82) is 0 Å². The van der Waals surface area contributed by atoms with Crippen molar-refractivity contribution in [1.82, 2.24) is 5.32 Å².